The van der Waals surface area contributed by atoms with E-state index in [1.807, 2.05) is 0 Å². The van der Waals surface area contributed by atoms with E-state index in [1.165, 1.54) is 57.8 Å². The highest BCUT2D eigenvalue weighted by molar-refractivity contribution is 5.00. The summed E-state index contributed by atoms with van der Waals surface area (Å²) in [6.07, 6.45) is 13.0. The Kier molecular flexibility index (Phi) is 8.93. The molecule has 0 aromatic rings. The minimum atomic E-state index is -0.137. The fourth-order valence-electron chi connectivity index (χ4n) is 7.41. The second-order valence-corrected chi connectivity index (χ2v) is 13.1. The lowest BCUT2D eigenvalue weighted by atomic mass is 9.51. The summed E-state index contributed by atoms with van der Waals surface area (Å²) in [5, 5.41) is 21.7. The number of aliphatic hydroxyl groups is 2. The molecule has 6 atom stereocenters. The van der Waals surface area contributed by atoms with Gasteiger partial charge in [0, 0.05) is 0 Å². The van der Waals surface area contributed by atoms with Crippen molar-refractivity contribution < 1.29 is 10.2 Å². The zero-order chi connectivity index (χ0) is 22.7. The molecule has 2 aliphatic rings. The maximum atomic E-state index is 10.8. The van der Waals surface area contributed by atoms with Gasteiger partial charge in [-0.25, -0.2) is 0 Å². The molecule has 30 heavy (non-hydrogen) atoms. The molecule has 2 fully saturated rings. The number of hydrogen-bond donors (Lipinski definition) is 2. The zero-order valence-corrected chi connectivity index (χ0v) is 21.6. The van der Waals surface area contributed by atoms with Crippen LogP contribution >= 0.6 is 0 Å². The van der Waals surface area contributed by atoms with E-state index >= 15 is 0 Å². The molecule has 178 valence electrons. The third kappa shape index (κ3) is 5.83. The van der Waals surface area contributed by atoms with Crippen LogP contribution in [0.2, 0.25) is 0 Å². The first kappa shape index (κ1) is 26.2. The molecule has 2 nitrogen and oxygen atoms in total. The normalized spacial score (nSPS) is 35.8. The minimum Gasteiger partial charge on any atom is -0.393 e. The fraction of sp³-hybridized carbons (Fsp3) is 1.00. The maximum absolute atomic E-state index is 10.8. The van der Waals surface area contributed by atoms with Crippen molar-refractivity contribution in [2.24, 2.45) is 39.9 Å². The molecule has 0 aliphatic heterocycles. The van der Waals surface area contributed by atoms with E-state index in [0.29, 0.717) is 29.1 Å². The predicted octanol–water partition coefficient (Wildman–Crippen LogP) is 7.61. The Morgan fingerprint density at radius 3 is 1.43 bits per heavy atom. The van der Waals surface area contributed by atoms with Gasteiger partial charge in [-0.2, -0.15) is 0 Å². The highest BCUT2D eigenvalue weighted by Gasteiger charge is 2.51. The summed E-state index contributed by atoms with van der Waals surface area (Å²) >= 11 is 0. The van der Waals surface area contributed by atoms with Gasteiger partial charge in [-0.05, 0) is 91.3 Å². The van der Waals surface area contributed by atoms with Crippen LogP contribution in [0.25, 0.3) is 0 Å². The summed E-state index contributed by atoms with van der Waals surface area (Å²) < 4.78 is 0. The first-order chi connectivity index (χ1) is 13.9. The van der Waals surface area contributed by atoms with E-state index in [9.17, 15) is 10.2 Å². The van der Waals surface area contributed by atoms with Gasteiger partial charge in [0.05, 0.1) is 12.2 Å². The Labute approximate surface area is 188 Å². The lowest BCUT2D eigenvalue weighted by molar-refractivity contribution is -0.0936. The molecule has 0 aromatic heterocycles. The van der Waals surface area contributed by atoms with Crippen molar-refractivity contribution in [3.8, 4) is 0 Å². The molecule has 0 amide bonds. The van der Waals surface area contributed by atoms with Crippen molar-refractivity contribution in [1.29, 1.82) is 0 Å². The Hall–Kier alpha value is -0.0800. The minimum absolute atomic E-state index is 0.137. The number of unbranched alkanes of at least 4 members (excludes halogenated alkanes) is 2. The Bertz CT molecular complexity index is 474. The number of rotatable bonds is 7. The molecule has 2 N–H and O–H groups in total. The molecular weight excluding hydrogens is 368 g/mol. The topological polar surface area (TPSA) is 40.5 Å². The van der Waals surface area contributed by atoms with Gasteiger partial charge in [-0.15, -0.1) is 0 Å². The van der Waals surface area contributed by atoms with E-state index in [4.69, 9.17) is 0 Å². The van der Waals surface area contributed by atoms with Crippen molar-refractivity contribution in [3.63, 3.8) is 0 Å². The average molecular weight is 423 g/mol. The van der Waals surface area contributed by atoms with Gasteiger partial charge >= 0.3 is 0 Å². The molecule has 0 aromatic carbocycles. The molecule has 0 bridgehead atoms. The summed E-state index contributed by atoms with van der Waals surface area (Å²) in [5.41, 5.74) is 0.706. The molecule has 0 saturated heterocycles. The summed E-state index contributed by atoms with van der Waals surface area (Å²) in [5.74, 6) is 2.24. The van der Waals surface area contributed by atoms with Gasteiger partial charge in [0.15, 0.2) is 0 Å². The first-order valence-corrected chi connectivity index (χ1v) is 13.2. The Morgan fingerprint density at radius 1 is 0.667 bits per heavy atom. The Morgan fingerprint density at radius 2 is 1.10 bits per heavy atom. The summed E-state index contributed by atoms with van der Waals surface area (Å²) in [7, 11) is 0. The lowest BCUT2D eigenvalue weighted by Gasteiger charge is -2.55. The molecule has 2 heteroatoms. The van der Waals surface area contributed by atoms with Gasteiger partial charge in [-0.3, -0.25) is 0 Å². The van der Waals surface area contributed by atoms with Crippen LogP contribution in [0.4, 0.5) is 0 Å². The standard InChI is InChI=1S/C28H54O2/c1-9-11-12-17-28(10-2,20-13-15-24(29)22(18-20)26(3,4)5)21-14-16-25(30)23(19-21)27(6,7)8/h20-25,29-30H,9-19H2,1-8H3. The van der Waals surface area contributed by atoms with Crippen LogP contribution in [0.15, 0.2) is 0 Å². The van der Waals surface area contributed by atoms with Crippen LogP contribution in [0.1, 0.15) is 126 Å². The molecule has 0 heterocycles. The highest BCUT2D eigenvalue weighted by atomic mass is 16.3. The molecule has 0 spiro atoms. The third-order valence-electron chi connectivity index (χ3n) is 9.38. The SMILES string of the molecule is CCCCCC(CC)(C1CCC(O)C(C(C)(C)C)C1)C1CCC(O)C(C(C)(C)C)C1. The summed E-state index contributed by atoms with van der Waals surface area (Å²) in [6.45, 7) is 18.7. The van der Waals surface area contributed by atoms with E-state index in [0.717, 1.165) is 12.8 Å². The van der Waals surface area contributed by atoms with Crippen LogP contribution in [0.5, 0.6) is 0 Å². The van der Waals surface area contributed by atoms with Gasteiger partial charge in [-0.1, -0.05) is 74.7 Å². The van der Waals surface area contributed by atoms with E-state index in [2.05, 4.69) is 55.4 Å². The summed E-state index contributed by atoms with van der Waals surface area (Å²) in [6, 6.07) is 0. The zero-order valence-electron chi connectivity index (χ0n) is 21.6. The second kappa shape index (κ2) is 10.2. The third-order valence-corrected chi connectivity index (χ3v) is 9.38. The average Bonchev–Trinajstić information content (AvgIpc) is 2.65. The van der Waals surface area contributed by atoms with Crippen molar-refractivity contribution in [1.82, 2.24) is 0 Å². The maximum Gasteiger partial charge on any atom is 0.0573 e. The molecule has 2 saturated carbocycles. The molecular formula is C28H54O2. The van der Waals surface area contributed by atoms with Gasteiger partial charge in [0.1, 0.15) is 0 Å². The number of aliphatic hydroxyl groups excluding tert-OH is 2. The second-order valence-electron chi connectivity index (χ2n) is 13.1. The largest absolute Gasteiger partial charge is 0.393 e. The van der Waals surface area contributed by atoms with Crippen LogP contribution in [-0.2, 0) is 0 Å². The fourth-order valence-corrected chi connectivity index (χ4v) is 7.41. The Balaban J connectivity index is 2.35. The monoisotopic (exact) mass is 422 g/mol. The predicted molar refractivity (Wildman–Crippen MR) is 129 cm³/mol. The molecule has 2 aliphatic carbocycles. The molecule has 6 unspecified atom stereocenters. The number of hydrogen-bond acceptors (Lipinski definition) is 2. The van der Waals surface area contributed by atoms with Crippen LogP contribution < -0.4 is 0 Å². The van der Waals surface area contributed by atoms with Crippen molar-refractivity contribution in [2.75, 3.05) is 0 Å². The van der Waals surface area contributed by atoms with E-state index in [-0.39, 0.29) is 23.0 Å². The first-order valence-electron chi connectivity index (χ1n) is 13.2. The van der Waals surface area contributed by atoms with Gasteiger partial charge < -0.3 is 10.2 Å². The van der Waals surface area contributed by atoms with E-state index < -0.39 is 0 Å². The molecule has 0 radical (unpaired) electrons. The highest BCUT2D eigenvalue weighted by Crippen LogP contribution is 2.58. The van der Waals surface area contributed by atoms with E-state index in [1.54, 1.807) is 0 Å². The van der Waals surface area contributed by atoms with Crippen molar-refractivity contribution in [2.45, 2.75) is 138 Å². The van der Waals surface area contributed by atoms with Crippen LogP contribution in [0.3, 0.4) is 0 Å². The van der Waals surface area contributed by atoms with Crippen LogP contribution in [-0.4, -0.2) is 22.4 Å². The van der Waals surface area contributed by atoms with Gasteiger partial charge in [0.2, 0.25) is 0 Å². The summed E-state index contributed by atoms with van der Waals surface area (Å²) in [4.78, 5) is 0. The quantitative estimate of drug-likeness (QED) is 0.414. The van der Waals surface area contributed by atoms with Crippen molar-refractivity contribution in [3.05, 3.63) is 0 Å². The molecule has 2 rings (SSSR count). The smallest absolute Gasteiger partial charge is 0.0573 e. The van der Waals surface area contributed by atoms with Gasteiger partial charge in [0.25, 0.3) is 0 Å². The van der Waals surface area contributed by atoms with Crippen molar-refractivity contribution >= 4 is 0 Å². The lowest BCUT2D eigenvalue weighted by Crippen LogP contribution is -2.49. The van der Waals surface area contributed by atoms with Crippen LogP contribution in [0, 0.1) is 39.9 Å².